The number of fused-ring (bicyclic) bond motifs is 5. The van der Waals surface area contributed by atoms with E-state index in [1.165, 1.54) is 17.7 Å². The number of hydrogen-bond acceptors (Lipinski definition) is 7. The topological polar surface area (TPSA) is 128 Å². The maximum absolute atomic E-state index is 11.4. The average molecular weight is 470 g/mol. The largest absolute Gasteiger partial charge is 0.393 e. The number of nitro groups is 2. The van der Waals surface area contributed by atoms with E-state index in [-0.39, 0.29) is 28.4 Å². The summed E-state index contributed by atoms with van der Waals surface area (Å²) >= 11 is 0. The van der Waals surface area contributed by atoms with Gasteiger partial charge in [0.15, 0.2) is 0 Å². The summed E-state index contributed by atoms with van der Waals surface area (Å²) in [7, 11) is 0. The second-order valence-corrected chi connectivity index (χ2v) is 11.0. The molecule has 3 fully saturated rings. The molecule has 9 nitrogen and oxygen atoms in total. The first-order valence-electron chi connectivity index (χ1n) is 12.2. The summed E-state index contributed by atoms with van der Waals surface area (Å²) in [4.78, 5) is 26.4. The fourth-order valence-electron chi connectivity index (χ4n) is 7.56. The van der Waals surface area contributed by atoms with Gasteiger partial charge in [-0.1, -0.05) is 24.6 Å². The van der Waals surface area contributed by atoms with Gasteiger partial charge < -0.3 is 9.94 Å². The summed E-state index contributed by atoms with van der Waals surface area (Å²) < 4.78 is 0. The highest BCUT2D eigenvalue weighted by Crippen LogP contribution is 2.65. The van der Waals surface area contributed by atoms with Crippen LogP contribution in [0.25, 0.3) is 0 Å². The molecule has 0 radical (unpaired) electrons. The molecule has 0 unspecified atom stereocenters. The lowest BCUT2D eigenvalue weighted by Gasteiger charge is -2.57. The molecule has 6 atom stereocenters. The normalized spacial score (nSPS) is 37.9. The molecule has 34 heavy (non-hydrogen) atoms. The Balaban J connectivity index is 1.36. The molecule has 0 saturated heterocycles. The standard InChI is InChI=1S/C25H31N3O6/c1-24-11-9-16(26-34-22-7-4-17(27(30)31)14-21(22)28(32)33)13-15(24)3-5-18-19-6-8-23(29)25(19,2)12-10-20(18)24/h4,7,13-14,18-20,23,29H,3,5-6,8-12H2,1-2H3/b26-16+/t18-,19-,20-,23-,24-,25-/m0/s1. The van der Waals surface area contributed by atoms with Crippen molar-refractivity contribution in [3.05, 3.63) is 50.1 Å². The number of aliphatic hydroxyl groups excluding tert-OH is 1. The summed E-state index contributed by atoms with van der Waals surface area (Å²) in [6.07, 6.45) is 10.00. The molecule has 4 aliphatic carbocycles. The molecule has 0 bridgehead atoms. The zero-order valence-electron chi connectivity index (χ0n) is 19.6. The van der Waals surface area contributed by atoms with Gasteiger partial charge in [0.05, 0.1) is 27.7 Å². The molecule has 1 aromatic rings. The maximum atomic E-state index is 11.4. The minimum Gasteiger partial charge on any atom is -0.393 e. The molecule has 0 amide bonds. The van der Waals surface area contributed by atoms with Crippen LogP contribution >= 0.6 is 0 Å². The molecule has 182 valence electrons. The smallest absolute Gasteiger partial charge is 0.321 e. The molecule has 1 aromatic carbocycles. The Bertz CT molecular complexity index is 1100. The average Bonchev–Trinajstić information content (AvgIpc) is 3.11. The number of oxime groups is 1. The minimum absolute atomic E-state index is 0.0628. The summed E-state index contributed by atoms with van der Waals surface area (Å²) in [6, 6.07) is 3.29. The van der Waals surface area contributed by atoms with E-state index in [4.69, 9.17) is 4.84 Å². The first-order chi connectivity index (χ1) is 16.1. The Labute approximate surface area is 198 Å². The van der Waals surface area contributed by atoms with Crippen molar-refractivity contribution >= 4 is 17.1 Å². The van der Waals surface area contributed by atoms with Gasteiger partial charge in [-0.25, -0.2) is 0 Å². The second kappa shape index (κ2) is 8.15. The van der Waals surface area contributed by atoms with Crippen LogP contribution in [0.15, 0.2) is 35.0 Å². The number of benzene rings is 1. The third-order valence-electron chi connectivity index (χ3n) is 9.54. The van der Waals surface area contributed by atoms with E-state index in [0.717, 1.165) is 56.7 Å². The van der Waals surface area contributed by atoms with Crippen molar-refractivity contribution in [2.75, 3.05) is 0 Å². The molecule has 3 saturated carbocycles. The predicted molar refractivity (Wildman–Crippen MR) is 126 cm³/mol. The molecule has 0 aromatic heterocycles. The van der Waals surface area contributed by atoms with Crippen LogP contribution in [0.1, 0.15) is 65.2 Å². The highest BCUT2D eigenvalue weighted by atomic mass is 16.7. The van der Waals surface area contributed by atoms with Crippen LogP contribution < -0.4 is 4.84 Å². The van der Waals surface area contributed by atoms with Crippen molar-refractivity contribution < 1.29 is 19.8 Å². The van der Waals surface area contributed by atoms with Gasteiger partial charge in [-0.2, -0.15) is 0 Å². The van der Waals surface area contributed by atoms with Crippen LogP contribution in [0.2, 0.25) is 0 Å². The molecule has 1 N–H and O–H groups in total. The van der Waals surface area contributed by atoms with E-state index in [1.807, 2.05) is 0 Å². The predicted octanol–water partition coefficient (Wildman–Crippen LogP) is 5.56. The lowest BCUT2D eigenvalue weighted by Crippen LogP contribution is -2.51. The van der Waals surface area contributed by atoms with Gasteiger partial charge in [0.2, 0.25) is 5.75 Å². The number of rotatable bonds is 4. The third-order valence-corrected chi connectivity index (χ3v) is 9.54. The van der Waals surface area contributed by atoms with Crippen molar-refractivity contribution in [2.45, 2.75) is 71.3 Å². The Morgan fingerprint density at radius 2 is 1.82 bits per heavy atom. The van der Waals surface area contributed by atoms with Crippen molar-refractivity contribution in [1.82, 2.24) is 0 Å². The first-order valence-corrected chi connectivity index (χ1v) is 12.2. The van der Waals surface area contributed by atoms with Gasteiger partial charge in [-0.3, -0.25) is 20.2 Å². The van der Waals surface area contributed by atoms with E-state index in [0.29, 0.717) is 24.2 Å². The summed E-state index contributed by atoms with van der Waals surface area (Å²) in [5, 5.41) is 37.1. The quantitative estimate of drug-likeness (QED) is 0.454. The highest BCUT2D eigenvalue weighted by molar-refractivity contribution is 5.96. The molecule has 4 aliphatic rings. The number of nitrogens with zero attached hydrogens (tertiary/aromatic N) is 3. The Kier molecular flexibility index (Phi) is 5.50. The number of aliphatic hydroxyl groups is 1. The van der Waals surface area contributed by atoms with Gasteiger partial charge in [0.25, 0.3) is 5.69 Å². The van der Waals surface area contributed by atoms with Crippen molar-refractivity contribution in [3.8, 4) is 5.75 Å². The number of nitro benzene ring substituents is 2. The van der Waals surface area contributed by atoms with Gasteiger partial charge in [0.1, 0.15) is 0 Å². The molecule has 0 spiro atoms. The van der Waals surface area contributed by atoms with Gasteiger partial charge >= 0.3 is 5.69 Å². The fraction of sp³-hybridized carbons (Fsp3) is 0.640. The van der Waals surface area contributed by atoms with Gasteiger partial charge in [-0.15, -0.1) is 0 Å². The molecule has 0 heterocycles. The van der Waals surface area contributed by atoms with Crippen LogP contribution in [0.5, 0.6) is 5.75 Å². The highest BCUT2D eigenvalue weighted by Gasteiger charge is 2.58. The molecule has 9 heteroatoms. The fourth-order valence-corrected chi connectivity index (χ4v) is 7.56. The monoisotopic (exact) mass is 469 g/mol. The summed E-state index contributed by atoms with van der Waals surface area (Å²) in [5.74, 6) is 1.75. The van der Waals surface area contributed by atoms with Crippen LogP contribution in [-0.4, -0.2) is 26.8 Å². The summed E-state index contributed by atoms with van der Waals surface area (Å²) in [6.45, 7) is 4.67. The van der Waals surface area contributed by atoms with Gasteiger partial charge in [-0.05, 0) is 92.1 Å². The molecule has 0 aliphatic heterocycles. The number of allylic oxidation sites excluding steroid dienone is 2. The van der Waals surface area contributed by atoms with Crippen LogP contribution in [-0.2, 0) is 0 Å². The van der Waals surface area contributed by atoms with Crippen LogP contribution in [0, 0.1) is 48.8 Å². The third kappa shape index (κ3) is 3.52. The van der Waals surface area contributed by atoms with Gasteiger partial charge in [0, 0.05) is 6.07 Å². The SMILES string of the molecule is C[C@]12CC[C@H]3[C@@H](CCC4=C/C(=N/Oc5ccc([N+](=O)[O-])cc5[N+](=O)[O-])CC[C@@]43C)[C@@H]1CC[C@@H]2O. The zero-order valence-corrected chi connectivity index (χ0v) is 19.6. The van der Waals surface area contributed by atoms with Crippen molar-refractivity contribution in [3.63, 3.8) is 0 Å². The lowest BCUT2D eigenvalue weighted by molar-refractivity contribution is -0.394. The maximum Gasteiger partial charge on any atom is 0.321 e. The van der Waals surface area contributed by atoms with E-state index in [2.05, 4.69) is 25.1 Å². The molecule has 5 rings (SSSR count). The molecular weight excluding hydrogens is 438 g/mol. The van der Waals surface area contributed by atoms with E-state index in [9.17, 15) is 25.3 Å². The van der Waals surface area contributed by atoms with E-state index >= 15 is 0 Å². The number of hydrogen-bond donors (Lipinski definition) is 1. The number of non-ortho nitro benzene ring substituents is 1. The lowest BCUT2D eigenvalue weighted by atomic mass is 9.47. The zero-order chi connectivity index (χ0) is 24.3. The van der Waals surface area contributed by atoms with Crippen molar-refractivity contribution in [1.29, 1.82) is 0 Å². The van der Waals surface area contributed by atoms with Crippen LogP contribution in [0.4, 0.5) is 11.4 Å². The Hall–Kier alpha value is -2.81. The Morgan fingerprint density at radius 3 is 2.56 bits per heavy atom. The molecular formula is C25H31N3O6. The summed E-state index contributed by atoms with van der Waals surface area (Å²) in [5.41, 5.74) is 1.45. The van der Waals surface area contributed by atoms with E-state index in [1.54, 1.807) is 0 Å². The van der Waals surface area contributed by atoms with E-state index < -0.39 is 15.5 Å². The first kappa shape index (κ1) is 23.0. The Morgan fingerprint density at radius 1 is 1.03 bits per heavy atom. The van der Waals surface area contributed by atoms with Crippen molar-refractivity contribution in [2.24, 2.45) is 33.7 Å². The minimum atomic E-state index is -0.697. The van der Waals surface area contributed by atoms with Crippen LogP contribution in [0.3, 0.4) is 0 Å². The second-order valence-electron chi connectivity index (χ2n) is 11.0.